The number of fused-ring (bicyclic) bond motifs is 4. The Morgan fingerprint density at radius 3 is 2.45 bits per heavy atom. The van der Waals surface area contributed by atoms with Gasteiger partial charge in [0, 0.05) is 23.0 Å². The lowest BCUT2D eigenvalue weighted by Crippen LogP contribution is -2.60. The van der Waals surface area contributed by atoms with Gasteiger partial charge in [-0.1, -0.05) is 33.6 Å². The molecule has 2 aliphatic carbocycles. The second-order valence-corrected chi connectivity index (χ2v) is 12.7. The third-order valence-electron chi connectivity index (χ3n) is 8.67. The summed E-state index contributed by atoms with van der Waals surface area (Å²) in [5.74, 6) is -7.46. The van der Waals surface area contributed by atoms with Crippen LogP contribution in [0, 0.1) is 17.8 Å². The van der Waals surface area contributed by atoms with E-state index in [4.69, 9.17) is 23.2 Å². The summed E-state index contributed by atoms with van der Waals surface area (Å²) in [4.78, 5) is 64.1. The van der Waals surface area contributed by atoms with Gasteiger partial charge in [-0.3, -0.25) is 29.0 Å². The Morgan fingerprint density at radius 2 is 1.75 bits per heavy atom. The number of aromatic hydroxyl groups is 1. The van der Waals surface area contributed by atoms with Crippen molar-refractivity contribution in [3.63, 3.8) is 0 Å². The fraction of sp³-hybridized carbons (Fsp3) is 0.321. The van der Waals surface area contributed by atoms with E-state index in [1.165, 1.54) is 37.4 Å². The van der Waals surface area contributed by atoms with Crippen LogP contribution < -0.4 is 4.90 Å². The van der Waals surface area contributed by atoms with Crippen LogP contribution in [0.3, 0.4) is 0 Å². The lowest BCUT2D eigenvalue weighted by atomic mass is 9.56. The molecule has 2 heterocycles. The van der Waals surface area contributed by atoms with E-state index in [1.807, 2.05) is 0 Å². The second kappa shape index (κ2) is 8.89. The van der Waals surface area contributed by atoms with Crippen molar-refractivity contribution < 1.29 is 34.2 Å². The molecule has 206 valence electrons. The zero-order chi connectivity index (χ0) is 28.9. The minimum Gasteiger partial charge on any atom is -0.508 e. The monoisotopic (exact) mass is 646 g/mol. The van der Waals surface area contributed by atoms with Crippen LogP contribution in [-0.2, 0) is 19.2 Å². The third-order valence-corrected chi connectivity index (χ3v) is 10.6. The number of hydrogen-bond donors (Lipinski definition) is 2. The number of carboxylic acid groups (broad SMARTS) is 1. The summed E-state index contributed by atoms with van der Waals surface area (Å²) in [5.41, 5.74) is 0.837. The van der Waals surface area contributed by atoms with E-state index in [0.717, 1.165) is 9.80 Å². The number of anilines is 1. The number of carboxylic acids is 1. The van der Waals surface area contributed by atoms with E-state index >= 15 is 0 Å². The highest BCUT2D eigenvalue weighted by Gasteiger charge is 2.76. The van der Waals surface area contributed by atoms with Crippen molar-refractivity contribution in [1.29, 1.82) is 0 Å². The molecule has 0 radical (unpaired) electrons. The van der Waals surface area contributed by atoms with Gasteiger partial charge < -0.3 is 10.2 Å². The summed E-state index contributed by atoms with van der Waals surface area (Å²) in [6.07, 6.45) is 1.71. The maximum Gasteiger partial charge on any atom is 0.335 e. The molecule has 40 heavy (non-hydrogen) atoms. The van der Waals surface area contributed by atoms with Crippen molar-refractivity contribution >= 4 is 74.4 Å². The second-order valence-electron chi connectivity index (χ2n) is 10.6. The summed E-state index contributed by atoms with van der Waals surface area (Å²) in [7, 11) is 1.29. The van der Waals surface area contributed by atoms with Crippen molar-refractivity contribution in [1.82, 2.24) is 4.90 Å². The van der Waals surface area contributed by atoms with Crippen LogP contribution in [0.5, 0.6) is 5.75 Å². The summed E-state index contributed by atoms with van der Waals surface area (Å²) in [5, 5.41) is 20.3. The average molecular weight is 648 g/mol. The van der Waals surface area contributed by atoms with Gasteiger partial charge in [-0.25, -0.2) is 4.79 Å². The molecule has 1 saturated carbocycles. The molecule has 9 nitrogen and oxygen atoms in total. The number of carbonyl (C=O) groups is 5. The fourth-order valence-electron chi connectivity index (χ4n) is 6.88. The number of amides is 4. The Morgan fingerprint density at radius 1 is 1.02 bits per heavy atom. The molecular formula is C28H21BrCl2N2O7. The molecule has 0 spiro atoms. The Bertz CT molecular complexity index is 1590. The molecule has 0 aromatic heterocycles. The Balaban J connectivity index is 1.52. The molecular weight excluding hydrogens is 627 g/mol. The topological polar surface area (TPSA) is 132 Å². The highest BCUT2D eigenvalue weighted by atomic mass is 79.9. The number of imide groups is 2. The number of phenols is 1. The molecule has 6 atom stereocenters. The van der Waals surface area contributed by atoms with Gasteiger partial charge in [-0.15, -0.1) is 23.2 Å². The van der Waals surface area contributed by atoms with Gasteiger partial charge in [0.15, 0.2) is 9.75 Å². The molecule has 6 unspecified atom stereocenters. The molecule has 2 aromatic carbocycles. The maximum atomic E-state index is 14.0. The Kier molecular flexibility index (Phi) is 6.00. The number of alkyl halides is 2. The SMILES string of the molecule is CN1C(=O)C2(Cl)CC3C(=CCC4C(=O)N(c5cccc(C(=O)O)c5)C(=O)C43)C(c3cc(Br)ccc3O)C2(Cl)C1=O. The van der Waals surface area contributed by atoms with Gasteiger partial charge in [0.05, 0.1) is 23.1 Å². The van der Waals surface area contributed by atoms with E-state index in [9.17, 15) is 34.2 Å². The van der Waals surface area contributed by atoms with Gasteiger partial charge in [0.1, 0.15) is 5.75 Å². The molecule has 2 N–H and O–H groups in total. The van der Waals surface area contributed by atoms with E-state index in [1.54, 1.807) is 18.2 Å². The van der Waals surface area contributed by atoms with Crippen molar-refractivity contribution in [3.05, 3.63) is 69.7 Å². The van der Waals surface area contributed by atoms with Crippen LogP contribution in [0.1, 0.15) is 34.7 Å². The predicted molar refractivity (Wildman–Crippen MR) is 147 cm³/mol. The van der Waals surface area contributed by atoms with Gasteiger partial charge in [0.25, 0.3) is 11.8 Å². The van der Waals surface area contributed by atoms with Crippen molar-refractivity contribution in [3.8, 4) is 5.75 Å². The maximum absolute atomic E-state index is 14.0. The summed E-state index contributed by atoms with van der Waals surface area (Å²) in [6.45, 7) is 0. The zero-order valence-electron chi connectivity index (χ0n) is 20.8. The van der Waals surface area contributed by atoms with E-state index in [2.05, 4.69) is 15.9 Å². The van der Waals surface area contributed by atoms with Crippen LogP contribution in [0.25, 0.3) is 0 Å². The molecule has 2 saturated heterocycles. The summed E-state index contributed by atoms with van der Waals surface area (Å²) < 4.78 is 0.582. The van der Waals surface area contributed by atoms with E-state index < -0.39 is 63.0 Å². The number of carbonyl (C=O) groups excluding carboxylic acids is 4. The number of aromatic carboxylic acids is 1. The molecule has 6 rings (SSSR count). The standard InChI is InChI=1S/C28H21BrCl2N2O7/c1-32-25(39)27(30)11-18-15(21(28(27,31)26(32)40)17-10-13(29)5-8-19(17)34)6-7-16-20(18)23(36)33(22(16)35)14-4-2-3-12(9-14)24(37)38/h2-6,8-10,16,18,20-21,34H,7,11H2,1H3,(H,37,38). The van der Waals surface area contributed by atoms with Gasteiger partial charge in [-0.05, 0) is 55.2 Å². The first-order valence-corrected chi connectivity index (χ1v) is 14.0. The minimum absolute atomic E-state index is 0.0839. The van der Waals surface area contributed by atoms with Crippen LogP contribution in [0.4, 0.5) is 5.69 Å². The number of phenolic OH excluding ortho intramolecular Hbond substituents is 1. The number of likely N-dealkylation sites (tertiary alicyclic amines) is 1. The highest BCUT2D eigenvalue weighted by molar-refractivity contribution is 9.10. The summed E-state index contributed by atoms with van der Waals surface area (Å²) >= 11 is 17.6. The Labute approximate surface area is 246 Å². The third kappa shape index (κ3) is 3.36. The van der Waals surface area contributed by atoms with Gasteiger partial charge >= 0.3 is 5.97 Å². The lowest BCUT2D eigenvalue weighted by molar-refractivity contribution is -0.138. The Hall–Kier alpha value is -3.21. The predicted octanol–water partition coefficient (Wildman–Crippen LogP) is 4.05. The molecule has 2 aromatic rings. The molecule has 4 amide bonds. The zero-order valence-corrected chi connectivity index (χ0v) is 23.9. The fourth-order valence-corrected chi connectivity index (χ4v) is 8.27. The molecule has 3 fully saturated rings. The minimum atomic E-state index is -2.00. The largest absolute Gasteiger partial charge is 0.508 e. The van der Waals surface area contributed by atoms with E-state index in [0.29, 0.717) is 10.0 Å². The number of benzene rings is 2. The van der Waals surface area contributed by atoms with Crippen molar-refractivity contribution in [2.24, 2.45) is 17.8 Å². The molecule has 12 heteroatoms. The van der Waals surface area contributed by atoms with Crippen molar-refractivity contribution in [2.75, 3.05) is 11.9 Å². The number of hydrogen-bond acceptors (Lipinski definition) is 6. The molecule has 4 aliphatic rings. The van der Waals surface area contributed by atoms with Crippen molar-refractivity contribution in [2.45, 2.75) is 28.5 Å². The number of allylic oxidation sites excluding steroid dienone is 2. The quantitative estimate of drug-likeness (QED) is 0.292. The van der Waals surface area contributed by atoms with E-state index in [-0.39, 0.29) is 35.4 Å². The van der Waals surface area contributed by atoms with Crippen LogP contribution in [0.2, 0.25) is 0 Å². The number of nitrogens with zero attached hydrogens (tertiary/aromatic N) is 2. The van der Waals surface area contributed by atoms with Crippen LogP contribution >= 0.6 is 39.1 Å². The first-order valence-electron chi connectivity index (χ1n) is 12.4. The molecule has 2 aliphatic heterocycles. The highest BCUT2D eigenvalue weighted by Crippen LogP contribution is 2.66. The first kappa shape index (κ1) is 27.0. The lowest BCUT2D eigenvalue weighted by Gasteiger charge is -2.50. The van der Waals surface area contributed by atoms with Gasteiger partial charge in [0.2, 0.25) is 11.8 Å². The van der Waals surface area contributed by atoms with Crippen LogP contribution in [-0.4, -0.2) is 61.5 Å². The van der Waals surface area contributed by atoms with Gasteiger partial charge in [-0.2, -0.15) is 0 Å². The smallest absolute Gasteiger partial charge is 0.335 e. The number of halogens is 3. The summed E-state index contributed by atoms with van der Waals surface area (Å²) in [6, 6.07) is 10.2. The molecule has 0 bridgehead atoms. The number of rotatable bonds is 3. The average Bonchev–Trinajstić information content (AvgIpc) is 3.25. The van der Waals surface area contributed by atoms with Crippen LogP contribution in [0.15, 0.2) is 58.6 Å². The first-order chi connectivity index (χ1) is 18.8. The normalized spacial score (nSPS) is 33.0.